The largest absolute Gasteiger partial charge is 0.481 e. The second kappa shape index (κ2) is 5.50. The average Bonchev–Trinajstić information content (AvgIpc) is 3.20. The zero-order chi connectivity index (χ0) is 16.9. The van der Waals surface area contributed by atoms with E-state index >= 15 is 0 Å². The number of hydrogen-bond acceptors (Lipinski definition) is 3. The van der Waals surface area contributed by atoms with Crippen molar-refractivity contribution in [3.8, 4) is 0 Å². The number of nitrogens with one attached hydrogen (secondary N) is 1. The zero-order valence-electron chi connectivity index (χ0n) is 14.0. The number of carboxylic acids is 1. The van der Waals surface area contributed by atoms with Crippen LogP contribution in [0, 0.1) is 11.3 Å². The summed E-state index contributed by atoms with van der Waals surface area (Å²) in [7, 11) is 1.93. The van der Waals surface area contributed by atoms with Gasteiger partial charge in [0.05, 0.1) is 17.7 Å². The minimum atomic E-state index is -0.743. The minimum Gasteiger partial charge on any atom is -0.481 e. The van der Waals surface area contributed by atoms with E-state index < -0.39 is 11.4 Å². The van der Waals surface area contributed by atoms with Crippen molar-refractivity contribution in [3.05, 3.63) is 17.5 Å². The van der Waals surface area contributed by atoms with Gasteiger partial charge in [0.25, 0.3) is 0 Å². The van der Waals surface area contributed by atoms with Crippen molar-refractivity contribution in [1.29, 1.82) is 0 Å². The molecule has 4 rings (SSSR count). The smallest absolute Gasteiger partial charge is 0.317 e. The number of carbonyl (C=O) groups excluding carboxylic acids is 1. The Balaban J connectivity index is 1.48. The number of nitrogens with zero attached hydrogens (tertiary/aromatic N) is 3. The molecule has 3 atom stereocenters. The molecule has 2 aliphatic carbocycles. The Labute approximate surface area is 141 Å². The van der Waals surface area contributed by atoms with Crippen LogP contribution in [-0.2, 0) is 18.3 Å². The standard InChI is InChI=1S/C17H24N4O3/c1-20-14-6-2-5-13(12(14)8-18-20)19-16(24)21-9-11-4-3-7-17(11,10-21)15(22)23/h8,11,13H,2-7,9-10H2,1H3,(H,19,24)(H,22,23)/t11-,13?,17+/m0/s1. The summed E-state index contributed by atoms with van der Waals surface area (Å²) in [6.45, 7) is 0.899. The molecule has 130 valence electrons. The molecule has 1 saturated carbocycles. The molecule has 0 radical (unpaired) electrons. The van der Waals surface area contributed by atoms with E-state index in [0.29, 0.717) is 19.5 Å². The second-order valence-electron chi connectivity index (χ2n) is 7.50. The summed E-state index contributed by atoms with van der Waals surface area (Å²) in [6, 6.07) is -0.150. The van der Waals surface area contributed by atoms with E-state index in [2.05, 4.69) is 10.4 Å². The number of rotatable bonds is 2. The van der Waals surface area contributed by atoms with Gasteiger partial charge in [-0.1, -0.05) is 6.42 Å². The molecule has 7 heteroatoms. The maximum Gasteiger partial charge on any atom is 0.317 e. The Morgan fingerprint density at radius 1 is 1.38 bits per heavy atom. The van der Waals surface area contributed by atoms with E-state index in [0.717, 1.165) is 37.7 Å². The lowest BCUT2D eigenvalue weighted by Crippen LogP contribution is -2.43. The zero-order valence-corrected chi connectivity index (χ0v) is 14.0. The van der Waals surface area contributed by atoms with Crippen LogP contribution in [0.4, 0.5) is 4.79 Å². The van der Waals surface area contributed by atoms with Crippen LogP contribution in [0.1, 0.15) is 49.4 Å². The van der Waals surface area contributed by atoms with Crippen molar-refractivity contribution < 1.29 is 14.7 Å². The summed E-state index contributed by atoms with van der Waals surface area (Å²) in [5, 5.41) is 17.1. The van der Waals surface area contributed by atoms with Crippen LogP contribution < -0.4 is 5.32 Å². The highest BCUT2D eigenvalue weighted by atomic mass is 16.4. The third-order valence-corrected chi connectivity index (χ3v) is 6.26. The molecule has 2 N–H and O–H groups in total. The second-order valence-corrected chi connectivity index (χ2v) is 7.50. The number of urea groups is 1. The van der Waals surface area contributed by atoms with Crippen molar-refractivity contribution in [2.45, 2.75) is 44.6 Å². The molecule has 1 aromatic rings. The molecular weight excluding hydrogens is 308 g/mol. The van der Waals surface area contributed by atoms with Gasteiger partial charge in [-0.15, -0.1) is 0 Å². The van der Waals surface area contributed by atoms with Crippen LogP contribution in [0.25, 0.3) is 0 Å². The summed E-state index contributed by atoms with van der Waals surface area (Å²) in [4.78, 5) is 26.2. The van der Waals surface area contributed by atoms with Gasteiger partial charge in [0.15, 0.2) is 0 Å². The van der Waals surface area contributed by atoms with E-state index in [1.54, 1.807) is 4.90 Å². The average molecular weight is 332 g/mol. The fourth-order valence-electron chi connectivity index (χ4n) is 4.89. The van der Waals surface area contributed by atoms with Crippen molar-refractivity contribution in [3.63, 3.8) is 0 Å². The normalized spacial score (nSPS) is 31.6. The van der Waals surface area contributed by atoms with Crippen molar-refractivity contribution in [2.24, 2.45) is 18.4 Å². The Morgan fingerprint density at radius 3 is 2.96 bits per heavy atom. The Morgan fingerprint density at radius 2 is 2.21 bits per heavy atom. The molecule has 2 fully saturated rings. The van der Waals surface area contributed by atoms with Gasteiger partial charge in [0.2, 0.25) is 0 Å². The molecule has 24 heavy (non-hydrogen) atoms. The first-order chi connectivity index (χ1) is 11.5. The molecule has 1 unspecified atom stereocenters. The number of likely N-dealkylation sites (tertiary alicyclic amines) is 1. The lowest BCUT2D eigenvalue weighted by molar-refractivity contribution is -0.149. The van der Waals surface area contributed by atoms with Crippen LogP contribution in [0.3, 0.4) is 0 Å². The summed E-state index contributed by atoms with van der Waals surface area (Å²) < 4.78 is 1.88. The van der Waals surface area contributed by atoms with Crippen LogP contribution in [-0.4, -0.2) is 44.9 Å². The van der Waals surface area contributed by atoms with E-state index in [-0.39, 0.29) is 18.0 Å². The monoisotopic (exact) mass is 332 g/mol. The summed E-state index contributed by atoms with van der Waals surface area (Å²) in [5.74, 6) is -0.645. The molecule has 7 nitrogen and oxygen atoms in total. The Bertz CT molecular complexity index is 685. The van der Waals surface area contributed by atoms with Gasteiger partial charge in [-0.25, -0.2) is 4.79 Å². The van der Waals surface area contributed by atoms with E-state index in [1.165, 1.54) is 5.69 Å². The first-order valence-corrected chi connectivity index (χ1v) is 8.81. The molecule has 0 bridgehead atoms. The van der Waals surface area contributed by atoms with Gasteiger partial charge in [0.1, 0.15) is 0 Å². The predicted octanol–water partition coefficient (Wildman–Crippen LogP) is 1.69. The number of hydrogen-bond donors (Lipinski definition) is 2. The SMILES string of the molecule is Cn1ncc2c1CCCC2NC(=O)N1C[C@@H]2CCC[C@@]2(C(=O)O)C1. The van der Waals surface area contributed by atoms with Gasteiger partial charge >= 0.3 is 12.0 Å². The number of aromatic nitrogens is 2. The van der Waals surface area contributed by atoms with Gasteiger partial charge < -0.3 is 15.3 Å². The predicted molar refractivity (Wildman–Crippen MR) is 86.4 cm³/mol. The van der Waals surface area contributed by atoms with Crippen LogP contribution in [0.2, 0.25) is 0 Å². The molecule has 0 aromatic carbocycles. The minimum absolute atomic E-state index is 0.0174. The fourth-order valence-corrected chi connectivity index (χ4v) is 4.89. The van der Waals surface area contributed by atoms with E-state index in [1.807, 2.05) is 17.9 Å². The topological polar surface area (TPSA) is 87.5 Å². The molecule has 1 aromatic heterocycles. The fraction of sp³-hybridized carbons (Fsp3) is 0.706. The first kappa shape index (κ1) is 15.5. The highest BCUT2D eigenvalue weighted by molar-refractivity contribution is 5.80. The molecule has 3 aliphatic rings. The molecular formula is C17H24N4O3. The van der Waals surface area contributed by atoms with Gasteiger partial charge in [-0.2, -0.15) is 5.10 Å². The lowest BCUT2D eigenvalue weighted by atomic mass is 9.81. The summed E-state index contributed by atoms with van der Waals surface area (Å²) in [6.07, 6.45) is 7.32. The van der Waals surface area contributed by atoms with E-state index in [4.69, 9.17) is 0 Å². The third-order valence-electron chi connectivity index (χ3n) is 6.26. The number of aliphatic carboxylic acids is 1. The molecule has 2 amide bonds. The first-order valence-electron chi connectivity index (χ1n) is 8.81. The van der Waals surface area contributed by atoms with Crippen LogP contribution in [0.5, 0.6) is 0 Å². The molecule has 1 saturated heterocycles. The number of carbonyl (C=O) groups is 2. The van der Waals surface area contributed by atoms with Crippen molar-refractivity contribution in [2.75, 3.05) is 13.1 Å². The number of fused-ring (bicyclic) bond motifs is 2. The number of aryl methyl sites for hydroxylation is 1. The van der Waals surface area contributed by atoms with Crippen LogP contribution >= 0.6 is 0 Å². The van der Waals surface area contributed by atoms with Gasteiger partial charge in [-0.3, -0.25) is 9.48 Å². The lowest BCUT2D eigenvalue weighted by Gasteiger charge is -2.27. The maximum absolute atomic E-state index is 12.7. The van der Waals surface area contributed by atoms with Crippen molar-refractivity contribution in [1.82, 2.24) is 20.0 Å². The molecule has 2 heterocycles. The summed E-state index contributed by atoms with van der Waals surface area (Å²) in [5.41, 5.74) is 1.57. The van der Waals surface area contributed by atoms with E-state index in [9.17, 15) is 14.7 Å². The highest BCUT2D eigenvalue weighted by Gasteiger charge is 2.55. The van der Waals surface area contributed by atoms with Gasteiger partial charge in [-0.05, 0) is 38.0 Å². The number of amides is 2. The Hall–Kier alpha value is -2.05. The Kier molecular flexibility index (Phi) is 3.54. The van der Waals surface area contributed by atoms with Crippen molar-refractivity contribution >= 4 is 12.0 Å². The molecule has 1 aliphatic heterocycles. The number of carboxylic acid groups (broad SMARTS) is 1. The third kappa shape index (κ3) is 2.21. The molecule has 0 spiro atoms. The van der Waals surface area contributed by atoms with Gasteiger partial charge in [0, 0.05) is 31.4 Å². The quantitative estimate of drug-likeness (QED) is 0.863. The van der Waals surface area contributed by atoms with Crippen LogP contribution in [0.15, 0.2) is 6.20 Å². The summed E-state index contributed by atoms with van der Waals surface area (Å²) >= 11 is 0. The maximum atomic E-state index is 12.7. The highest BCUT2D eigenvalue weighted by Crippen LogP contribution is 2.49.